The second-order valence-electron chi connectivity index (χ2n) is 5.44. The number of nitrogens with two attached hydrogens (primary N) is 1. The standard InChI is InChI=1S/C16H26N2O/c1-4-18(15-9-7-6-8-13(15)3)16(12-17)10-14(11-16)19-5-2/h6-9,14H,4-5,10-12,17H2,1-3H3. The zero-order chi connectivity index (χ0) is 13.9. The number of anilines is 1. The summed E-state index contributed by atoms with van der Waals surface area (Å²) in [6.07, 6.45) is 2.46. The van der Waals surface area contributed by atoms with Crippen molar-refractivity contribution in [3.05, 3.63) is 29.8 Å². The minimum Gasteiger partial charge on any atom is -0.378 e. The van der Waals surface area contributed by atoms with Gasteiger partial charge in [-0.2, -0.15) is 0 Å². The van der Waals surface area contributed by atoms with Gasteiger partial charge in [-0.1, -0.05) is 18.2 Å². The summed E-state index contributed by atoms with van der Waals surface area (Å²) in [5.74, 6) is 0. The van der Waals surface area contributed by atoms with Gasteiger partial charge in [0.15, 0.2) is 0 Å². The molecule has 0 saturated heterocycles. The number of nitrogens with zero attached hydrogens (tertiary/aromatic N) is 1. The van der Waals surface area contributed by atoms with Crippen molar-refractivity contribution < 1.29 is 4.74 Å². The smallest absolute Gasteiger partial charge is 0.0620 e. The normalized spacial score (nSPS) is 26.0. The van der Waals surface area contributed by atoms with E-state index in [-0.39, 0.29) is 5.54 Å². The van der Waals surface area contributed by atoms with Crippen LogP contribution >= 0.6 is 0 Å². The van der Waals surface area contributed by atoms with E-state index in [4.69, 9.17) is 10.5 Å². The summed E-state index contributed by atoms with van der Waals surface area (Å²) in [6.45, 7) is 8.90. The molecule has 106 valence electrons. The lowest BCUT2D eigenvalue weighted by Crippen LogP contribution is -2.64. The summed E-state index contributed by atoms with van der Waals surface area (Å²) in [5, 5.41) is 0. The molecule has 0 aromatic heterocycles. The van der Waals surface area contributed by atoms with Crippen molar-refractivity contribution in [2.24, 2.45) is 5.73 Å². The summed E-state index contributed by atoms with van der Waals surface area (Å²) in [4.78, 5) is 2.47. The van der Waals surface area contributed by atoms with Crippen LogP contribution in [-0.2, 0) is 4.74 Å². The SMILES string of the molecule is CCOC1CC(CN)(N(CC)c2ccccc2C)C1. The zero-order valence-corrected chi connectivity index (χ0v) is 12.4. The highest BCUT2D eigenvalue weighted by atomic mass is 16.5. The Bertz CT molecular complexity index is 413. The third kappa shape index (κ3) is 2.63. The summed E-state index contributed by atoms with van der Waals surface area (Å²) in [7, 11) is 0. The first-order chi connectivity index (χ1) is 9.16. The van der Waals surface area contributed by atoms with Crippen molar-refractivity contribution in [2.75, 3.05) is 24.6 Å². The Morgan fingerprint density at radius 2 is 2.00 bits per heavy atom. The van der Waals surface area contributed by atoms with Crippen LogP contribution < -0.4 is 10.6 Å². The molecule has 1 aliphatic rings. The van der Waals surface area contributed by atoms with Crippen LogP contribution in [0.5, 0.6) is 0 Å². The molecule has 1 saturated carbocycles. The lowest BCUT2D eigenvalue weighted by molar-refractivity contribution is -0.0367. The fourth-order valence-corrected chi connectivity index (χ4v) is 3.27. The van der Waals surface area contributed by atoms with Crippen molar-refractivity contribution in [3.8, 4) is 0 Å². The van der Waals surface area contributed by atoms with Crippen LogP contribution in [-0.4, -0.2) is 31.3 Å². The van der Waals surface area contributed by atoms with Gasteiger partial charge in [-0.15, -0.1) is 0 Å². The van der Waals surface area contributed by atoms with Gasteiger partial charge in [-0.05, 0) is 45.2 Å². The van der Waals surface area contributed by atoms with Gasteiger partial charge >= 0.3 is 0 Å². The van der Waals surface area contributed by atoms with E-state index in [1.54, 1.807) is 0 Å². The number of ether oxygens (including phenoxy) is 1. The van der Waals surface area contributed by atoms with Gasteiger partial charge in [0.25, 0.3) is 0 Å². The van der Waals surface area contributed by atoms with Crippen LogP contribution in [0.1, 0.15) is 32.3 Å². The van der Waals surface area contributed by atoms with Crippen LogP contribution in [0.25, 0.3) is 0 Å². The average molecular weight is 262 g/mol. The molecule has 0 radical (unpaired) electrons. The van der Waals surface area contributed by atoms with Gasteiger partial charge in [0.2, 0.25) is 0 Å². The van der Waals surface area contributed by atoms with Crippen molar-refractivity contribution in [2.45, 2.75) is 45.3 Å². The van der Waals surface area contributed by atoms with E-state index in [1.165, 1.54) is 11.3 Å². The minimum atomic E-state index is 0.0840. The van der Waals surface area contributed by atoms with E-state index < -0.39 is 0 Å². The molecule has 1 aliphatic carbocycles. The number of para-hydroxylation sites is 1. The topological polar surface area (TPSA) is 38.5 Å². The maximum absolute atomic E-state index is 6.09. The first-order valence-electron chi connectivity index (χ1n) is 7.31. The summed E-state index contributed by atoms with van der Waals surface area (Å²) >= 11 is 0. The maximum atomic E-state index is 6.09. The van der Waals surface area contributed by atoms with Crippen LogP contribution in [0.2, 0.25) is 0 Å². The Labute approximate surface area is 116 Å². The number of hydrogen-bond donors (Lipinski definition) is 1. The minimum absolute atomic E-state index is 0.0840. The molecule has 0 aliphatic heterocycles. The number of rotatable bonds is 6. The second-order valence-corrected chi connectivity index (χ2v) is 5.44. The molecule has 0 amide bonds. The van der Waals surface area contributed by atoms with Crippen LogP contribution in [0, 0.1) is 6.92 Å². The Morgan fingerprint density at radius 3 is 2.53 bits per heavy atom. The second kappa shape index (κ2) is 5.93. The van der Waals surface area contributed by atoms with E-state index in [1.807, 2.05) is 0 Å². The summed E-state index contributed by atoms with van der Waals surface area (Å²) in [5.41, 5.74) is 8.81. The van der Waals surface area contributed by atoms with Gasteiger partial charge in [0.1, 0.15) is 0 Å². The van der Waals surface area contributed by atoms with Gasteiger partial charge in [-0.3, -0.25) is 0 Å². The van der Waals surface area contributed by atoms with E-state index in [9.17, 15) is 0 Å². The highest BCUT2D eigenvalue weighted by Gasteiger charge is 2.48. The quantitative estimate of drug-likeness (QED) is 0.856. The van der Waals surface area contributed by atoms with Gasteiger partial charge in [-0.25, -0.2) is 0 Å². The molecule has 1 aromatic rings. The van der Waals surface area contributed by atoms with Crippen molar-refractivity contribution >= 4 is 5.69 Å². The van der Waals surface area contributed by atoms with Crippen LogP contribution in [0.3, 0.4) is 0 Å². The molecular weight excluding hydrogens is 236 g/mol. The Hall–Kier alpha value is -1.06. The fourth-order valence-electron chi connectivity index (χ4n) is 3.27. The van der Waals surface area contributed by atoms with Crippen LogP contribution in [0.15, 0.2) is 24.3 Å². The molecule has 0 heterocycles. The van der Waals surface area contributed by atoms with Crippen molar-refractivity contribution in [1.29, 1.82) is 0 Å². The average Bonchev–Trinajstić information content (AvgIpc) is 2.38. The lowest BCUT2D eigenvalue weighted by atomic mass is 9.72. The number of likely N-dealkylation sites (N-methyl/N-ethyl adjacent to an activating group) is 1. The summed E-state index contributed by atoms with van der Waals surface area (Å²) < 4.78 is 5.71. The molecule has 3 heteroatoms. The molecule has 0 spiro atoms. The molecule has 0 atom stereocenters. The molecular formula is C16H26N2O. The predicted molar refractivity (Wildman–Crippen MR) is 80.6 cm³/mol. The molecule has 1 fully saturated rings. The number of benzene rings is 1. The van der Waals surface area contributed by atoms with E-state index in [0.29, 0.717) is 12.6 Å². The zero-order valence-electron chi connectivity index (χ0n) is 12.4. The highest BCUT2D eigenvalue weighted by molar-refractivity contribution is 5.56. The first kappa shape index (κ1) is 14.4. The monoisotopic (exact) mass is 262 g/mol. The molecule has 3 nitrogen and oxygen atoms in total. The van der Waals surface area contributed by atoms with Gasteiger partial charge < -0.3 is 15.4 Å². The van der Waals surface area contributed by atoms with E-state index in [2.05, 4.69) is 49.9 Å². The fraction of sp³-hybridized carbons (Fsp3) is 0.625. The van der Waals surface area contributed by atoms with Crippen molar-refractivity contribution in [1.82, 2.24) is 0 Å². The lowest BCUT2D eigenvalue weighted by Gasteiger charge is -2.54. The van der Waals surface area contributed by atoms with Gasteiger partial charge in [0.05, 0.1) is 11.6 Å². The van der Waals surface area contributed by atoms with Crippen LogP contribution in [0.4, 0.5) is 5.69 Å². The summed E-state index contributed by atoms with van der Waals surface area (Å²) in [6, 6.07) is 8.56. The number of hydrogen-bond acceptors (Lipinski definition) is 3. The number of aryl methyl sites for hydroxylation is 1. The molecule has 1 aromatic carbocycles. The van der Waals surface area contributed by atoms with Gasteiger partial charge in [0, 0.05) is 25.4 Å². The molecule has 0 unspecified atom stereocenters. The Kier molecular flexibility index (Phi) is 4.48. The first-order valence-corrected chi connectivity index (χ1v) is 7.31. The Morgan fingerprint density at radius 1 is 1.32 bits per heavy atom. The molecule has 2 rings (SSSR count). The maximum Gasteiger partial charge on any atom is 0.0620 e. The molecule has 2 N–H and O–H groups in total. The van der Waals surface area contributed by atoms with E-state index >= 15 is 0 Å². The third-order valence-electron chi connectivity index (χ3n) is 4.29. The van der Waals surface area contributed by atoms with E-state index in [0.717, 1.165) is 26.0 Å². The Balaban J connectivity index is 2.19. The largest absolute Gasteiger partial charge is 0.378 e. The van der Waals surface area contributed by atoms with Crippen molar-refractivity contribution in [3.63, 3.8) is 0 Å². The highest BCUT2D eigenvalue weighted by Crippen LogP contribution is 2.42. The molecule has 19 heavy (non-hydrogen) atoms. The molecule has 0 bridgehead atoms. The third-order valence-corrected chi connectivity index (χ3v) is 4.29. The predicted octanol–water partition coefficient (Wildman–Crippen LogP) is 2.72.